The summed E-state index contributed by atoms with van der Waals surface area (Å²) >= 11 is 0. The lowest BCUT2D eigenvalue weighted by Gasteiger charge is -2.33. The number of aryl methyl sites for hydroxylation is 1. The number of rotatable bonds is 10. The van der Waals surface area contributed by atoms with E-state index in [-0.39, 0.29) is 18.5 Å². The first-order chi connectivity index (χ1) is 17.1. The van der Waals surface area contributed by atoms with Crippen molar-refractivity contribution >= 4 is 27.5 Å². The Morgan fingerprint density at radius 3 is 2.19 bits per heavy atom. The number of anilines is 1. The summed E-state index contributed by atoms with van der Waals surface area (Å²) in [4.78, 5) is 28.3. The van der Waals surface area contributed by atoms with Crippen molar-refractivity contribution in [3.63, 3.8) is 0 Å². The Morgan fingerprint density at radius 1 is 1.03 bits per heavy atom. The molecule has 8 nitrogen and oxygen atoms in total. The van der Waals surface area contributed by atoms with E-state index in [1.807, 2.05) is 31.2 Å². The van der Waals surface area contributed by atoms with Crippen LogP contribution in [0.1, 0.15) is 50.2 Å². The van der Waals surface area contributed by atoms with Crippen LogP contribution in [0.25, 0.3) is 0 Å². The molecular weight excluding hydrogens is 478 g/mol. The van der Waals surface area contributed by atoms with Crippen LogP contribution in [0.5, 0.6) is 5.75 Å². The smallest absolute Gasteiger partial charge is 0.244 e. The zero-order valence-electron chi connectivity index (χ0n) is 21.6. The van der Waals surface area contributed by atoms with Crippen LogP contribution in [-0.2, 0) is 26.2 Å². The van der Waals surface area contributed by atoms with E-state index in [2.05, 4.69) is 5.32 Å². The molecule has 0 heterocycles. The van der Waals surface area contributed by atoms with Gasteiger partial charge in [-0.05, 0) is 56.5 Å². The first-order valence-electron chi connectivity index (χ1n) is 12.4. The second-order valence-corrected chi connectivity index (χ2v) is 11.4. The molecule has 2 aromatic carbocycles. The van der Waals surface area contributed by atoms with E-state index in [0.29, 0.717) is 11.4 Å². The number of sulfonamides is 1. The fourth-order valence-corrected chi connectivity index (χ4v) is 5.25. The van der Waals surface area contributed by atoms with Gasteiger partial charge in [-0.2, -0.15) is 0 Å². The van der Waals surface area contributed by atoms with Gasteiger partial charge in [-0.3, -0.25) is 13.9 Å². The fourth-order valence-electron chi connectivity index (χ4n) is 4.40. The Morgan fingerprint density at radius 2 is 1.64 bits per heavy atom. The van der Waals surface area contributed by atoms with Crippen LogP contribution < -0.4 is 14.4 Å². The summed E-state index contributed by atoms with van der Waals surface area (Å²) in [6, 6.07) is 13.5. The third-order valence-corrected chi connectivity index (χ3v) is 7.77. The summed E-state index contributed by atoms with van der Waals surface area (Å²) in [7, 11) is -2.25. The van der Waals surface area contributed by atoms with E-state index in [9.17, 15) is 18.0 Å². The number of carbonyl (C=O) groups excluding carboxylic acids is 2. The number of carbonyl (C=O) groups is 2. The molecule has 0 aliphatic heterocycles. The summed E-state index contributed by atoms with van der Waals surface area (Å²) in [6.07, 6.45) is 6.26. The first-order valence-corrected chi connectivity index (χ1v) is 14.2. The molecule has 0 aromatic heterocycles. The molecule has 0 unspecified atom stereocenters. The Bertz CT molecular complexity index is 1130. The summed E-state index contributed by atoms with van der Waals surface area (Å²) in [6.45, 7) is 3.45. The number of ether oxygens (including phenoxy) is 1. The number of hydrogen-bond donors (Lipinski definition) is 1. The number of amides is 2. The van der Waals surface area contributed by atoms with Gasteiger partial charge < -0.3 is 15.0 Å². The van der Waals surface area contributed by atoms with Crippen LogP contribution >= 0.6 is 0 Å². The van der Waals surface area contributed by atoms with Crippen LogP contribution in [0.2, 0.25) is 0 Å². The molecular formula is C27H37N3O5S. The number of benzene rings is 2. The zero-order valence-corrected chi connectivity index (χ0v) is 22.4. The van der Waals surface area contributed by atoms with Crippen molar-refractivity contribution in [2.75, 3.05) is 24.2 Å². The number of nitrogens with zero attached hydrogens (tertiary/aromatic N) is 2. The second-order valence-electron chi connectivity index (χ2n) is 9.49. The summed E-state index contributed by atoms with van der Waals surface area (Å²) in [5, 5.41) is 3.10. The zero-order chi connectivity index (χ0) is 26.3. The third kappa shape index (κ3) is 7.46. The Labute approximate surface area is 214 Å². The highest BCUT2D eigenvalue weighted by atomic mass is 32.2. The lowest BCUT2D eigenvalue weighted by atomic mass is 9.95. The average molecular weight is 516 g/mol. The van der Waals surface area contributed by atoms with Gasteiger partial charge in [0.15, 0.2) is 0 Å². The Balaban J connectivity index is 1.85. The number of methoxy groups -OCH3 is 1. The van der Waals surface area contributed by atoms with E-state index in [4.69, 9.17) is 4.74 Å². The quantitative estimate of drug-likeness (QED) is 0.521. The van der Waals surface area contributed by atoms with Gasteiger partial charge in [0, 0.05) is 12.6 Å². The SMILES string of the molecule is COc1ccc(N(CC(=O)N(Cc2ccc(C)cc2)[C@H](C)C(=O)NC2CCCCC2)S(C)(=O)=O)cc1. The monoisotopic (exact) mass is 515 g/mol. The fraction of sp³-hybridized carbons (Fsp3) is 0.481. The molecule has 0 saturated heterocycles. The van der Waals surface area contributed by atoms with E-state index in [0.717, 1.165) is 47.4 Å². The predicted octanol–water partition coefficient (Wildman–Crippen LogP) is 3.64. The van der Waals surface area contributed by atoms with Crippen LogP contribution in [0.3, 0.4) is 0 Å². The lowest BCUT2D eigenvalue weighted by Crippen LogP contribution is -2.52. The molecule has 1 N–H and O–H groups in total. The molecule has 1 aliphatic rings. The van der Waals surface area contributed by atoms with E-state index in [1.54, 1.807) is 31.2 Å². The molecule has 1 saturated carbocycles. The van der Waals surface area contributed by atoms with Gasteiger partial charge in [-0.1, -0.05) is 49.1 Å². The minimum Gasteiger partial charge on any atom is -0.497 e. The molecule has 0 spiro atoms. The molecule has 2 aromatic rings. The van der Waals surface area contributed by atoms with Crippen molar-refractivity contribution in [2.45, 2.75) is 64.6 Å². The molecule has 3 rings (SSSR count). The lowest BCUT2D eigenvalue weighted by molar-refractivity contribution is -0.139. The van der Waals surface area contributed by atoms with Crippen molar-refractivity contribution in [3.05, 3.63) is 59.7 Å². The minimum atomic E-state index is -3.77. The van der Waals surface area contributed by atoms with Crippen molar-refractivity contribution in [1.82, 2.24) is 10.2 Å². The van der Waals surface area contributed by atoms with Crippen molar-refractivity contribution in [2.24, 2.45) is 0 Å². The highest BCUT2D eigenvalue weighted by Crippen LogP contribution is 2.23. The summed E-state index contributed by atoms with van der Waals surface area (Å²) < 4.78 is 31.5. The first kappa shape index (κ1) is 27.5. The van der Waals surface area contributed by atoms with E-state index < -0.39 is 28.5 Å². The topological polar surface area (TPSA) is 96.0 Å². The van der Waals surface area contributed by atoms with Gasteiger partial charge in [0.25, 0.3) is 0 Å². The molecule has 1 atom stereocenters. The summed E-state index contributed by atoms with van der Waals surface area (Å²) in [5.41, 5.74) is 2.30. The molecule has 1 aliphatic carbocycles. The number of nitrogens with one attached hydrogen (secondary N) is 1. The predicted molar refractivity (Wildman–Crippen MR) is 141 cm³/mol. The molecule has 2 amide bonds. The normalized spacial score (nSPS) is 15.1. The van der Waals surface area contributed by atoms with Gasteiger partial charge in [-0.15, -0.1) is 0 Å². The van der Waals surface area contributed by atoms with E-state index in [1.165, 1.54) is 18.4 Å². The average Bonchev–Trinajstić information content (AvgIpc) is 2.86. The van der Waals surface area contributed by atoms with Gasteiger partial charge >= 0.3 is 0 Å². The molecule has 36 heavy (non-hydrogen) atoms. The van der Waals surface area contributed by atoms with E-state index >= 15 is 0 Å². The maximum Gasteiger partial charge on any atom is 0.244 e. The minimum absolute atomic E-state index is 0.108. The highest BCUT2D eigenvalue weighted by Gasteiger charge is 2.31. The van der Waals surface area contributed by atoms with Gasteiger partial charge in [0.05, 0.1) is 19.1 Å². The molecule has 1 fully saturated rings. The second kappa shape index (κ2) is 12.3. The van der Waals surface area contributed by atoms with Gasteiger partial charge in [0.1, 0.15) is 18.3 Å². The maximum atomic E-state index is 13.6. The maximum absolute atomic E-state index is 13.6. The highest BCUT2D eigenvalue weighted by molar-refractivity contribution is 7.92. The molecule has 9 heteroatoms. The standard InChI is InChI=1S/C27H37N3O5S/c1-20-10-12-22(13-11-20)18-29(21(2)27(32)28-23-8-6-5-7-9-23)26(31)19-30(36(4,33)34)24-14-16-25(35-3)17-15-24/h10-17,21,23H,5-9,18-19H2,1-4H3,(H,28,32)/t21-/m1/s1. The largest absolute Gasteiger partial charge is 0.497 e. The Kier molecular flexibility index (Phi) is 9.37. The van der Waals surface area contributed by atoms with Crippen molar-refractivity contribution in [1.29, 1.82) is 0 Å². The van der Waals surface area contributed by atoms with Crippen molar-refractivity contribution < 1.29 is 22.7 Å². The Hall–Kier alpha value is -3.07. The third-order valence-electron chi connectivity index (χ3n) is 6.63. The van der Waals surface area contributed by atoms with Crippen LogP contribution in [0, 0.1) is 6.92 Å². The van der Waals surface area contributed by atoms with Crippen molar-refractivity contribution in [3.8, 4) is 5.75 Å². The van der Waals surface area contributed by atoms with Crippen LogP contribution in [-0.4, -0.2) is 57.1 Å². The number of hydrogen-bond acceptors (Lipinski definition) is 5. The van der Waals surface area contributed by atoms with Gasteiger partial charge in [0.2, 0.25) is 21.8 Å². The molecule has 0 radical (unpaired) electrons. The molecule has 0 bridgehead atoms. The van der Waals surface area contributed by atoms with Crippen LogP contribution in [0.4, 0.5) is 5.69 Å². The summed E-state index contributed by atoms with van der Waals surface area (Å²) in [5.74, 6) is -0.103. The molecule has 196 valence electrons. The van der Waals surface area contributed by atoms with Gasteiger partial charge in [-0.25, -0.2) is 8.42 Å². The van der Waals surface area contributed by atoms with Crippen LogP contribution in [0.15, 0.2) is 48.5 Å².